The van der Waals surface area contributed by atoms with E-state index in [0.717, 1.165) is 53.2 Å². The van der Waals surface area contributed by atoms with Gasteiger partial charge in [-0.3, -0.25) is 0 Å². The lowest BCUT2D eigenvalue weighted by Gasteiger charge is -2.34. The quantitative estimate of drug-likeness (QED) is 0.765. The minimum atomic E-state index is 0.448. The first kappa shape index (κ1) is 15.0. The number of piperidine rings is 1. The van der Waals surface area contributed by atoms with E-state index < -0.39 is 0 Å². The first-order chi connectivity index (χ1) is 10.6. The van der Waals surface area contributed by atoms with Gasteiger partial charge in [-0.15, -0.1) is 10.2 Å². The fraction of sp³-hybridized carbons (Fsp3) is 0.438. The lowest BCUT2D eigenvalue weighted by molar-refractivity contribution is 0.474. The Morgan fingerprint density at radius 1 is 1.32 bits per heavy atom. The van der Waals surface area contributed by atoms with E-state index in [4.69, 9.17) is 6.57 Å². The molecule has 1 aromatic carbocycles. The molecule has 1 aliphatic heterocycles. The highest BCUT2D eigenvalue weighted by Crippen LogP contribution is 2.40. The van der Waals surface area contributed by atoms with Gasteiger partial charge in [-0.2, -0.15) is 0 Å². The van der Waals surface area contributed by atoms with Crippen molar-refractivity contribution >= 4 is 27.3 Å². The van der Waals surface area contributed by atoms with Crippen LogP contribution in [0.4, 0.5) is 11.4 Å². The number of hydrogen-bond acceptors (Lipinski definition) is 3. The van der Waals surface area contributed by atoms with E-state index >= 15 is 0 Å². The second-order valence-corrected chi connectivity index (χ2v) is 6.64. The number of rotatable bonds is 2. The Hall–Kier alpha value is -1.87. The van der Waals surface area contributed by atoms with Gasteiger partial charge in [0, 0.05) is 30.5 Å². The van der Waals surface area contributed by atoms with Crippen LogP contribution in [-0.4, -0.2) is 27.9 Å². The van der Waals surface area contributed by atoms with Gasteiger partial charge < -0.3 is 9.47 Å². The van der Waals surface area contributed by atoms with Crippen LogP contribution in [0.2, 0.25) is 0 Å². The lowest BCUT2D eigenvalue weighted by atomic mass is 9.95. The molecule has 2 aromatic rings. The second-order valence-electron chi connectivity index (χ2n) is 5.79. The fourth-order valence-corrected chi connectivity index (χ4v) is 3.95. The lowest BCUT2D eigenvalue weighted by Crippen LogP contribution is -2.33. The van der Waals surface area contributed by atoms with Gasteiger partial charge >= 0.3 is 0 Å². The maximum Gasteiger partial charge on any atom is 0.211 e. The molecule has 5 nitrogen and oxygen atoms in total. The van der Waals surface area contributed by atoms with Crippen molar-refractivity contribution in [2.45, 2.75) is 25.7 Å². The van der Waals surface area contributed by atoms with E-state index in [2.05, 4.69) is 41.9 Å². The molecule has 0 aliphatic carbocycles. The number of aryl methyl sites for hydroxylation is 2. The molecule has 0 atom stereocenters. The third kappa shape index (κ3) is 2.73. The van der Waals surface area contributed by atoms with Gasteiger partial charge in [0.2, 0.25) is 5.69 Å². The molecule has 0 N–H and O–H groups in total. The van der Waals surface area contributed by atoms with E-state index in [0.29, 0.717) is 5.92 Å². The molecule has 2 heterocycles. The molecule has 22 heavy (non-hydrogen) atoms. The van der Waals surface area contributed by atoms with Gasteiger partial charge in [0.25, 0.3) is 0 Å². The van der Waals surface area contributed by atoms with E-state index in [1.54, 1.807) is 6.33 Å². The van der Waals surface area contributed by atoms with Crippen LogP contribution < -0.4 is 4.90 Å². The Morgan fingerprint density at radius 2 is 2.05 bits per heavy atom. The summed E-state index contributed by atoms with van der Waals surface area (Å²) < 4.78 is 3.02. The van der Waals surface area contributed by atoms with Crippen molar-refractivity contribution in [2.24, 2.45) is 7.05 Å². The van der Waals surface area contributed by atoms with E-state index in [-0.39, 0.29) is 0 Å². The molecular formula is C16H18BrN5. The van der Waals surface area contributed by atoms with Gasteiger partial charge in [0.1, 0.15) is 12.2 Å². The number of aromatic nitrogens is 3. The smallest absolute Gasteiger partial charge is 0.211 e. The average molecular weight is 360 g/mol. The van der Waals surface area contributed by atoms with Crippen LogP contribution in [-0.2, 0) is 7.05 Å². The Labute approximate surface area is 138 Å². The van der Waals surface area contributed by atoms with Crippen molar-refractivity contribution in [1.29, 1.82) is 0 Å². The summed E-state index contributed by atoms with van der Waals surface area (Å²) in [5.74, 6) is 1.51. The number of halogens is 1. The highest BCUT2D eigenvalue weighted by Gasteiger charge is 2.26. The minimum absolute atomic E-state index is 0.448. The highest BCUT2D eigenvalue weighted by atomic mass is 79.9. The van der Waals surface area contributed by atoms with E-state index in [1.165, 1.54) is 0 Å². The predicted octanol–water partition coefficient (Wildman–Crippen LogP) is 3.82. The Balaban J connectivity index is 1.80. The van der Waals surface area contributed by atoms with E-state index in [1.807, 2.05) is 24.6 Å². The van der Waals surface area contributed by atoms with Crippen LogP contribution in [0, 0.1) is 13.5 Å². The van der Waals surface area contributed by atoms with Crippen molar-refractivity contribution in [3.05, 3.63) is 45.7 Å². The van der Waals surface area contributed by atoms with Crippen LogP contribution in [0.1, 0.15) is 30.1 Å². The molecule has 3 rings (SSSR count). The van der Waals surface area contributed by atoms with Crippen LogP contribution in [0.5, 0.6) is 0 Å². The minimum Gasteiger partial charge on any atom is -0.379 e. The Kier molecular flexibility index (Phi) is 4.16. The molecule has 0 saturated carbocycles. The number of benzene rings is 1. The molecule has 1 aromatic heterocycles. The molecule has 6 heteroatoms. The molecule has 0 amide bonds. The van der Waals surface area contributed by atoms with Crippen LogP contribution in [0.3, 0.4) is 0 Å². The summed E-state index contributed by atoms with van der Waals surface area (Å²) in [6.45, 7) is 11.3. The normalized spacial score (nSPS) is 15.8. The van der Waals surface area contributed by atoms with Gasteiger partial charge in [-0.05, 0) is 25.8 Å². The third-order valence-corrected chi connectivity index (χ3v) is 4.84. The second kappa shape index (κ2) is 6.09. The molecule has 0 spiro atoms. The number of nitrogens with zero attached hydrogens (tertiary/aromatic N) is 5. The summed E-state index contributed by atoms with van der Waals surface area (Å²) in [6, 6.07) is 4.04. The van der Waals surface area contributed by atoms with E-state index in [9.17, 15) is 0 Å². The topological polar surface area (TPSA) is 38.3 Å². The molecule has 114 valence electrons. The monoisotopic (exact) mass is 359 g/mol. The maximum absolute atomic E-state index is 7.43. The SMILES string of the molecule is [C-]#[N+]c1cc(C)cc(Br)c1N1CCC(c2nncn2C)CC1. The zero-order chi connectivity index (χ0) is 15.7. The number of anilines is 1. The average Bonchev–Trinajstić information content (AvgIpc) is 2.93. The van der Waals surface area contributed by atoms with Crippen LogP contribution in [0.15, 0.2) is 22.9 Å². The van der Waals surface area contributed by atoms with Gasteiger partial charge in [0.05, 0.1) is 12.3 Å². The standard InChI is InChI=1S/C16H18BrN5/c1-11-8-13(17)15(14(9-11)18-2)22-6-4-12(5-7-22)16-20-19-10-21(16)3/h8-10,12H,4-7H2,1,3H3. The van der Waals surface area contributed by atoms with Crippen LogP contribution >= 0.6 is 15.9 Å². The largest absolute Gasteiger partial charge is 0.379 e. The van der Waals surface area contributed by atoms with Gasteiger partial charge in [-0.1, -0.05) is 27.6 Å². The number of hydrogen-bond donors (Lipinski definition) is 0. The summed E-state index contributed by atoms with van der Waals surface area (Å²) in [7, 11) is 2.00. The summed E-state index contributed by atoms with van der Waals surface area (Å²) in [4.78, 5) is 6.01. The van der Waals surface area contributed by atoms with Crippen molar-refractivity contribution in [3.63, 3.8) is 0 Å². The van der Waals surface area contributed by atoms with Crippen molar-refractivity contribution in [2.75, 3.05) is 18.0 Å². The first-order valence-electron chi connectivity index (χ1n) is 7.36. The maximum atomic E-state index is 7.43. The first-order valence-corrected chi connectivity index (χ1v) is 8.16. The Morgan fingerprint density at radius 3 is 2.64 bits per heavy atom. The zero-order valence-corrected chi connectivity index (χ0v) is 14.3. The Bertz CT molecular complexity index is 723. The molecule has 0 bridgehead atoms. The van der Waals surface area contributed by atoms with Crippen molar-refractivity contribution in [1.82, 2.24) is 14.8 Å². The summed E-state index contributed by atoms with van der Waals surface area (Å²) in [5, 5.41) is 8.21. The molecule has 1 fully saturated rings. The van der Waals surface area contributed by atoms with Crippen molar-refractivity contribution < 1.29 is 0 Å². The fourth-order valence-electron chi connectivity index (χ4n) is 3.14. The molecular weight excluding hydrogens is 342 g/mol. The zero-order valence-electron chi connectivity index (χ0n) is 12.8. The summed E-state index contributed by atoms with van der Waals surface area (Å²) >= 11 is 3.63. The van der Waals surface area contributed by atoms with Gasteiger partial charge in [-0.25, -0.2) is 4.85 Å². The highest BCUT2D eigenvalue weighted by molar-refractivity contribution is 9.10. The molecule has 1 aliphatic rings. The van der Waals surface area contributed by atoms with Gasteiger partial charge in [0.15, 0.2) is 0 Å². The predicted molar refractivity (Wildman–Crippen MR) is 90.3 cm³/mol. The molecule has 0 unspecified atom stereocenters. The molecule has 1 saturated heterocycles. The summed E-state index contributed by atoms with van der Waals surface area (Å²) in [5.41, 5.74) is 2.86. The molecule has 0 radical (unpaired) electrons. The van der Waals surface area contributed by atoms with Crippen molar-refractivity contribution in [3.8, 4) is 0 Å². The third-order valence-electron chi connectivity index (χ3n) is 4.23. The van der Waals surface area contributed by atoms with Crippen LogP contribution in [0.25, 0.3) is 4.85 Å². The summed E-state index contributed by atoms with van der Waals surface area (Å²) in [6.07, 6.45) is 3.82.